The van der Waals surface area contributed by atoms with E-state index in [-0.39, 0.29) is 25.0 Å². The van der Waals surface area contributed by atoms with E-state index in [4.69, 9.17) is 9.84 Å². The molecule has 0 spiro atoms. The van der Waals surface area contributed by atoms with Gasteiger partial charge in [-0.2, -0.15) is 0 Å². The van der Waals surface area contributed by atoms with Crippen LogP contribution in [-0.4, -0.2) is 24.2 Å². The summed E-state index contributed by atoms with van der Waals surface area (Å²) in [7, 11) is 0. The average Bonchev–Trinajstić information content (AvgIpc) is 2.58. The zero-order valence-electron chi connectivity index (χ0n) is 14.3. The summed E-state index contributed by atoms with van der Waals surface area (Å²) < 4.78 is 5.50. The first-order valence-corrected chi connectivity index (χ1v) is 8.71. The van der Waals surface area contributed by atoms with Crippen molar-refractivity contribution in [2.75, 3.05) is 13.2 Å². The van der Waals surface area contributed by atoms with E-state index in [2.05, 4.69) is 19.2 Å². The summed E-state index contributed by atoms with van der Waals surface area (Å²) in [6.45, 7) is 5.28. The Bertz CT molecular complexity index is 493. The molecule has 1 aliphatic rings. The Hall–Kier alpha value is -1.55. The van der Waals surface area contributed by atoms with Gasteiger partial charge in [0.25, 0.3) is 0 Å². The Balaban J connectivity index is 1.83. The van der Waals surface area contributed by atoms with Gasteiger partial charge in [-0.3, -0.25) is 4.79 Å². The summed E-state index contributed by atoms with van der Waals surface area (Å²) >= 11 is 0. The predicted molar refractivity (Wildman–Crippen MR) is 91.2 cm³/mol. The second-order valence-corrected chi connectivity index (χ2v) is 6.75. The first-order valence-electron chi connectivity index (χ1n) is 8.71. The van der Waals surface area contributed by atoms with Crippen molar-refractivity contribution in [2.24, 2.45) is 17.8 Å². The molecule has 23 heavy (non-hydrogen) atoms. The largest absolute Gasteiger partial charge is 0.491 e. The number of aliphatic hydroxyl groups excluding tert-OH is 1. The topological polar surface area (TPSA) is 58.6 Å². The summed E-state index contributed by atoms with van der Waals surface area (Å²) in [5.41, 5.74) is 0.949. The van der Waals surface area contributed by atoms with Gasteiger partial charge in [0, 0.05) is 18.0 Å². The standard InChI is InChI=1S/C19H29NO3/c1-14(2)15-7-9-16(10-8-15)19(22)20-13-17-5-3-4-6-18(17)23-12-11-21/h3-6,14-16,21H,7-13H2,1-2H3,(H,20,22). The van der Waals surface area contributed by atoms with Crippen LogP contribution in [0.15, 0.2) is 24.3 Å². The Kier molecular flexibility index (Phi) is 6.90. The first kappa shape index (κ1) is 17.8. The maximum atomic E-state index is 12.4. The van der Waals surface area contributed by atoms with Crippen molar-refractivity contribution in [2.45, 2.75) is 46.1 Å². The number of nitrogens with one attached hydrogen (secondary N) is 1. The SMILES string of the molecule is CC(C)C1CCC(C(=O)NCc2ccccc2OCCO)CC1. The molecule has 0 heterocycles. The average molecular weight is 319 g/mol. The molecule has 2 N–H and O–H groups in total. The van der Waals surface area contributed by atoms with Gasteiger partial charge in [0.05, 0.1) is 6.61 Å². The van der Waals surface area contributed by atoms with Crippen LogP contribution in [0.2, 0.25) is 0 Å². The van der Waals surface area contributed by atoms with E-state index in [1.54, 1.807) is 0 Å². The van der Waals surface area contributed by atoms with E-state index in [1.807, 2.05) is 24.3 Å². The molecule has 1 aromatic rings. The van der Waals surface area contributed by atoms with Crippen LogP contribution in [0.5, 0.6) is 5.75 Å². The number of carbonyl (C=O) groups excluding carboxylic acids is 1. The number of hydrogen-bond acceptors (Lipinski definition) is 3. The third-order valence-electron chi connectivity index (χ3n) is 4.86. The monoisotopic (exact) mass is 319 g/mol. The number of aliphatic hydroxyl groups is 1. The summed E-state index contributed by atoms with van der Waals surface area (Å²) in [4.78, 5) is 12.4. The van der Waals surface area contributed by atoms with Crippen LogP contribution in [0.1, 0.15) is 45.1 Å². The molecular weight excluding hydrogens is 290 g/mol. The summed E-state index contributed by atoms with van der Waals surface area (Å²) in [6, 6.07) is 7.64. The molecule has 4 heteroatoms. The van der Waals surface area contributed by atoms with Gasteiger partial charge in [0.15, 0.2) is 0 Å². The maximum Gasteiger partial charge on any atom is 0.223 e. The number of ether oxygens (including phenoxy) is 1. The second kappa shape index (κ2) is 8.92. The van der Waals surface area contributed by atoms with Crippen molar-refractivity contribution in [1.29, 1.82) is 0 Å². The lowest BCUT2D eigenvalue weighted by Gasteiger charge is -2.30. The first-order chi connectivity index (χ1) is 11.1. The number of carbonyl (C=O) groups is 1. The number of hydrogen-bond donors (Lipinski definition) is 2. The summed E-state index contributed by atoms with van der Waals surface area (Å²) in [6.07, 6.45) is 4.31. The molecule has 1 saturated carbocycles. The molecule has 0 atom stereocenters. The van der Waals surface area contributed by atoms with Crippen LogP contribution in [0.4, 0.5) is 0 Å². The molecule has 0 aromatic heterocycles. The molecule has 1 amide bonds. The van der Waals surface area contributed by atoms with Gasteiger partial charge in [-0.25, -0.2) is 0 Å². The van der Waals surface area contributed by atoms with Gasteiger partial charge in [0.1, 0.15) is 12.4 Å². The predicted octanol–water partition coefficient (Wildman–Crippen LogP) is 3.14. The molecule has 0 saturated heterocycles. The van der Waals surface area contributed by atoms with E-state index in [0.717, 1.165) is 48.8 Å². The molecule has 128 valence electrons. The van der Waals surface area contributed by atoms with Crippen molar-refractivity contribution in [3.63, 3.8) is 0 Å². The van der Waals surface area contributed by atoms with Crippen molar-refractivity contribution in [1.82, 2.24) is 5.32 Å². The molecule has 4 nitrogen and oxygen atoms in total. The zero-order valence-corrected chi connectivity index (χ0v) is 14.3. The Labute approximate surface area is 139 Å². The molecule has 0 bridgehead atoms. The van der Waals surface area contributed by atoms with E-state index in [9.17, 15) is 4.79 Å². The van der Waals surface area contributed by atoms with E-state index >= 15 is 0 Å². The number of amides is 1. The molecule has 1 aromatic carbocycles. The van der Waals surface area contributed by atoms with Crippen LogP contribution < -0.4 is 10.1 Å². The molecule has 0 unspecified atom stereocenters. The fraction of sp³-hybridized carbons (Fsp3) is 0.632. The third kappa shape index (κ3) is 5.24. The lowest BCUT2D eigenvalue weighted by atomic mass is 9.77. The molecule has 1 aliphatic carbocycles. The molecule has 1 fully saturated rings. The Morgan fingerprint density at radius 1 is 1.26 bits per heavy atom. The highest BCUT2D eigenvalue weighted by molar-refractivity contribution is 5.78. The van der Waals surface area contributed by atoms with Crippen LogP contribution in [-0.2, 0) is 11.3 Å². The normalized spacial score (nSPS) is 21.2. The van der Waals surface area contributed by atoms with E-state index < -0.39 is 0 Å². The summed E-state index contributed by atoms with van der Waals surface area (Å²) in [5.74, 6) is 2.52. The fourth-order valence-electron chi connectivity index (χ4n) is 3.32. The summed E-state index contributed by atoms with van der Waals surface area (Å²) in [5, 5.41) is 11.9. The number of rotatable bonds is 7. The number of benzene rings is 1. The minimum Gasteiger partial charge on any atom is -0.491 e. The van der Waals surface area contributed by atoms with Gasteiger partial charge in [-0.1, -0.05) is 32.0 Å². The molecule has 2 rings (SSSR count). The minimum absolute atomic E-state index is 0.0141. The Morgan fingerprint density at radius 3 is 2.61 bits per heavy atom. The Morgan fingerprint density at radius 2 is 1.96 bits per heavy atom. The lowest BCUT2D eigenvalue weighted by Crippen LogP contribution is -2.33. The van der Waals surface area contributed by atoms with Crippen LogP contribution in [0.25, 0.3) is 0 Å². The smallest absolute Gasteiger partial charge is 0.223 e. The van der Waals surface area contributed by atoms with Gasteiger partial charge in [0.2, 0.25) is 5.91 Å². The van der Waals surface area contributed by atoms with Crippen molar-refractivity contribution >= 4 is 5.91 Å². The maximum absolute atomic E-state index is 12.4. The van der Waals surface area contributed by atoms with Crippen LogP contribution in [0, 0.1) is 17.8 Å². The van der Waals surface area contributed by atoms with Gasteiger partial charge >= 0.3 is 0 Å². The minimum atomic E-state index is -0.0141. The second-order valence-electron chi connectivity index (χ2n) is 6.75. The van der Waals surface area contributed by atoms with Crippen molar-refractivity contribution < 1.29 is 14.6 Å². The highest BCUT2D eigenvalue weighted by Gasteiger charge is 2.27. The van der Waals surface area contributed by atoms with Gasteiger partial charge in [-0.15, -0.1) is 0 Å². The van der Waals surface area contributed by atoms with Crippen LogP contribution >= 0.6 is 0 Å². The van der Waals surface area contributed by atoms with Gasteiger partial charge in [-0.05, 0) is 43.6 Å². The van der Waals surface area contributed by atoms with Crippen molar-refractivity contribution in [3.8, 4) is 5.75 Å². The highest BCUT2D eigenvalue weighted by Crippen LogP contribution is 2.33. The quantitative estimate of drug-likeness (QED) is 0.812. The van der Waals surface area contributed by atoms with E-state index in [1.165, 1.54) is 0 Å². The zero-order chi connectivity index (χ0) is 16.7. The third-order valence-corrected chi connectivity index (χ3v) is 4.86. The lowest BCUT2D eigenvalue weighted by molar-refractivity contribution is -0.126. The molecular formula is C19H29NO3. The van der Waals surface area contributed by atoms with Gasteiger partial charge < -0.3 is 15.2 Å². The molecule has 0 radical (unpaired) electrons. The molecule has 0 aliphatic heterocycles. The fourth-order valence-corrected chi connectivity index (χ4v) is 3.32. The van der Waals surface area contributed by atoms with E-state index in [0.29, 0.717) is 6.54 Å². The highest BCUT2D eigenvalue weighted by atomic mass is 16.5. The van der Waals surface area contributed by atoms with Crippen LogP contribution in [0.3, 0.4) is 0 Å². The van der Waals surface area contributed by atoms with Crippen molar-refractivity contribution in [3.05, 3.63) is 29.8 Å². The number of para-hydroxylation sites is 1.